The van der Waals surface area contributed by atoms with Crippen LogP contribution in [0.2, 0.25) is 0 Å². The number of aldehydes is 1. The van der Waals surface area contributed by atoms with Crippen molar-refractivity contribution in [1.82, 2.24) is 15.2 Å². The van der Waals surface area contributed by atoms with Crippen molar-refractivity contribution >= 4 is 23.7 Å². The Hall–Kier alpha value is -3.61. The second-order valence-corrected chi connectivity index (χ2v) is 7.50. The molecule has 29 heavy (non-hydrogen) atoms. The highest BCUT2D eigenvalue weighted by atomic mass is 16.2. The summed E-state index contributed by atoms with van der Waals surface area (Å²) in [6, 6.07) is 11.5. The number of allylic oxidation sites excluding steroid dienone is 3. The first-order valence-electron chi connectivity index (χ1n) is 9.38. The van der Waals surface area contributed by atoms with E-state index in [-0.39, 0.29) is 5.91 Å². The quantitative estimate of drug-likeness (QED) is 0.550. The minimum absolute atomic E-state index is 0.171. The van der Waals surface area contributed by atoms with Crippen molar-refractivity contribution < 1.29 is 9.59 Å². The largest absolute Gasteiger partial charge is 0.384 e. The van der Waals surface area contributed by atoms with Crippen LogP contribution in [0.15, 0.2) is 65.1 Å². The molecule has 1 aromatic heterocycles. The number of rotatable bonds is 3. The van der Waals surface area contributed by atoms with Gasteiger partial charge in [-0.3, -0.25) is 9.59 Å². The number of aromatic nitrogens is 1. The molecule has 4 N–H and O–H groups in total. The number of likely N-dealkylation sites (N-methyl/N-ethyl adjacent to an activating group) is 1. The van der Waals surface area contributed by atoms with E-state index in [1.165, 1.54) is 0 Å². The van der Waals surface area contributed by atoms with E-state index in [1.807, 2.05) is 56.1 Å². The summed E-state index contributed by atoms with van der Waals surface area (Å²) in [5.74, 6) is 0.212. The third kappa shape index (κ3) is 2.95. The highest BCUT2D eigenvalue weighted by Crippen LogP contribution is 2.38. The number of anilines is 2. The van der Waals surface area contributed by atoms with E-state index in [2.05, 4.69) is 15.6 Å². The van der Waals surface area contributed by atoms with Crippen molar-refractivity contribution in [3.8, 4) is 0 Å². The maximum atomic E-state index is 13.0. The number of nitrogens with two attached hydrogens (primary N) is 1. The van der Waals surface area contributed by atoms with Crippen LogP contribution in [-0.2, 0) is 21.7 Å². The fraction of sp³-hybridized carbons (Fsp3) is 0.227. The predicted octanol–water partition coefficient (Wildman–Crippen LogP) is 2.29. The maximum absolute atomic E-state index is 13.0. The standard InChI is InChI=1S/C22H23N5O2/c1-13(16-9-14-11-24-19(23)10-17(14)25-18(16)12-28)20-21(29)26-22(2,27(20)3)15-7-5-4-6-8-15/h4-8,10-12,25H,9H2,1-3H3,(H2,23,24)(H,26,29)/b20-13-. The van der Waals surface area contributed by atoms with Gasteiger partial charge in [0.25, 0.3) is 5.91 Å². The van der Waals surface area contributed by atoms with E-state index in [0.717, 1.165) is 34.2 Å². The minimum Gasteiger partial charge on any atom is -0.384 e. The second-order valence-electron chi connectivity index (χ2n) is 7.50. The van der Waals surface area contributed by atoms with Crippen molar-refractivity contribution in [1.29, 1.82) is 0 Å². The first-order chi connectivity index (χ1) is 13.8. The van der Waals surface area contributed by atoms with Gasteiger partial charge in [0.05, 0.1) is 5.70 Å². The van der Waals surface area contributed by atoms with E-state index < -0.39 is 5.66 Å². The average Bonchev–Trinajstić information content (AvgIpc) is 2.96. The summed E-state index contributed by atoms with van der Waals surface area (Å²) < 4.78 is 0. The first-order valence-corrected chi connectivity index (χ1v) is 9.38. The smallest absolute Gasteiger partial charge is 0.269 e. The molecular formula is C22H23N5O2. The van der Waals surface area contributed by atoms with Crippen LogP contribution in [0.25, 0.3) is 0 Å². The number of nitrogens with zero attached hydrogens (tertiary/aromatic N) is 2. The van der Waals surface area contributed by atoms with E-state index in [9.17, 15) is 9.59 Å². The van der Waals surface area contributed by atoms with Gasteiger partial charge < -0.3 is 21.3 Å². The number of carbonyl (C=O) groups is 2. The monoisotopic (exact) mass is 389 g/mol. The van der Waals surface area contributed by atoms with Crippen molar-refractivity contribution in [3.63, 3.8) is 0 Å². The normalized spacial score (nSPS) is 22.7. The van der Waals surface area contributed by atoms with Crippen LogP contribution in [0, 0.1) is 0 Å². The summed E-state index contributed by atoms with van der Waals surface area (Å²) in [6.07, 6.45) is 2.97. The molecule has 1 unspecified atom stereocenters. The molecule has 3 heterocycles. The Balaban J connectivity index is 1.79. The van der Waals surface area contributed by atoms with Gasteiger partial charge in [-0.05, 0) is 36.1 Å². The van der Waals surface area contributed by atoms with Crippen molar-refractivity contribution in [2.24, 2.45) is 0 Å². The molecule has 0 aliphatic carbocycles. The number of hydrogen-bond acceptors (Lipinski definition) is 6. The van der Waals surface area contributed by atoms with Gasteiger partial charge in [0.15, 0.2) is 6.29 Å². The SMILES string of the molecule is C/C(C1=C(C=O)Nc2cc(N)ncc2C1)=C1\C(=O)NC(C)(c2ccccc2)N1C. The predicted molar refractivity (Wildman–Crippen MR) is 111 cm³/mol. The van der Waals surface area contributed by atoms with Crippen LogP contribution in [0.5, 0.6) is 0 Å². The summed E-state index contributed by atoms with van der Waals surface area (Å²) in [5.41, 5.74) is 10.3. The van der Waals surface area contributed by atoms with Crippen LogP contribution in [0.1, 0.15) is 25.0 Å². The number of nitrogens with one attached hydrogen (secondary N) is 2. The lowest BCUT2D eigenvalue weighted by Crippen LogP contribution is -2.44. The first kappa shape index (κ1) is 18.7. The van der Waals surface area contributed by atoms with Gasteiger partial charge in [-0.25, -0.2) is 4.98 Å². The van der Waals surface area contributed by atoms with Crippen LogP contribution >= 0.6 is 0 Å². The summed E-state index contributed by atoms with van der Waals surface area (Å²) in [7, 11) is 1.89. The fourth-order valence-electron chi connectivity index (χ4n) is 4.03. The molecule has 0 saturated carbocycles. The highest BCUT2D eigenvalue weighted by Gasteiger charge is 2.44. The molecule has 1 amide bonds. The average molecular weight is 389 g/mol. The summed E-state index contributed by atoms with van der Waals surface area (Å²) >= 11 is 0. The molecule has 0 radical (unpaired) electrons. The molecule has 4 rings (SSSR count). The lowest BCUT2D eigenvalue weighted by atomic mass is 9.92. The van der Waals surface area contributed by atoms with Gasteiger partial charge in [0.2, 0.25) is 0 Å². The Labute approximate surface area is 169 Å². The molecule has 1 saturated heterocycles. The minimum atomic E-state index is -0.674. The van der Waals surface area contributed by atoms with Crippen molar-refractivity contribution in [3.05, 3.63) is 76.3 Å². The Kier molecular flexibility index (Phi) is 4.38. The van der Waals surface area contributed by atoms with E-state index >= 15 is 0 Å². The summed E-state index contributed by atoms with van der Waals surface area (Å²) in [6.45, 7) is 3.84. The van der Waals surface area contributed by atoms with Gasteiger partial charge in [-0.15, -0.1) is 0 Å². The lowest BCUT2D eigenvalue weighted by molar-refractivity contribution is -0.117. The molecule has 2 aromatic rings. The lowest BCUT2D eigenvalue weighted by Gasteiger charge is -2.34. The molecule has 1 aromatic carbocycles. The van der Waals surface area contributed by atoms with Crippen molar-refractivity contribution in [2.75, 3.05) is 18.1 Å². The molecule has 1 atom stereocenters. The number of hydrogen-bond donors (Lipinski definition) is 3. The van der Waals surface area contributed by atoms with Crippen LogP contribution in [-0.4, -0.2) is 29.1 Å². The van der Waals surface area contributed by atoms with Gasteiger partial charge in [0.1, 0.15) is 17.2 Å². The Morgan fingerprint density at radius 3 is 2.72 bits per heavy atom. The van der Waals surface area contributed by atoms with E-state index in [1.54, 1.807) is 12.3 Å². The van der Waals surface area contributed by atoms with Crippen LogP contribution in [0.4, 0.5) is 11.5 Å². The Morgan fingerprint density at radius 1 is 1.31 bits per heavy atom. The molecule has 7 nitrogen and oxygen atoms in total. The molecule has 1 fully saturated rings. The molecule has 0 spiro atoms. The number of pyridine rings is 1. The molecule has 7 heteroatoms. The number of fused-ring (bicyclic) bond motifs is 1. The number of amides is 1. The molecule has 148 valence electrons. The van der Waals surface area contributed by atoms with Crippen LogP contribution < -0.4 is 16.4 Å². The fourth-order valence-corrected chi connectivity index (χ4v) is 4.03. The van der Waals surface area contributed by atoms with Crippen molar-refractivity contribution in [2.45, 2.75) is 25.9 Å². The zero-order valence-electron chi connectivity index (χ0n) is 16.6. The third-order valence-corrected chi connectivity index (χ3v) is 5.81. The number of nitrogen functional groups attached to an aromatic ring is 1. The summed E-state index contributed by atoms with van der Waals surface area (Å²) in [4.78, 5) is 30.8. The maximum Gasteiger partial charge on any atom is 0.269 e. The van der Waals surface area contributed by atoms with E-state index in [0.29, 0.717) is 23.6 Å². The number of carbonyl (C=O) groups excluding carboxylic acids is 2. The van der Waals surface area contributed by atoms with Gasteiger partial charge in [-0.1, -0.05) is 30.3 Å². The van der Waals surface area contributed by atoms with Gasteiger partial charge in [-0.2, -0.15) is 0 Å². The molecule has 0 bridgehead atoms. The molecular weight excluding hydrogens is 366 g/mol. The molecule has 2 aliphatic rings. The topological polar surface area (TPSA) is 100 Å². The molecule has 2 aliphatic heterocycles. The van der Waals surface area contributed by atoms with E-state index in [4.69, 9.17) is 5.73 Å². The Bertz CT molecular complexity index is 1070. The zero-order chi connectivity index (χ0) is 20.8. The third-order valence-electron chi connectivity index (χ3n) is 5.81. The zero-order valence-corrected chi connectivity index (χ0v) is 16.6. The van der Waals surface area contributed by atoms with Gasteiger partial charge >= 0.3 is 0 Å². The number of benzene rings is 1. The second kappa shape index (κ2) is 6.77. The van der Waals surface area contributed by atoms with Gasteiger partial charge in [0, 0.05) is 31.4 Å². The van der Waals surface area contributed by atoms with Crippen LogP contribution in [0.3, 0.4) is 0 Å². The summed E-state index contributed by atoms with van der Waals surface area (Å²) in [5, 5.41) is 6.23. The Morgan fingerprint density at radius 2 is 2.03 bits per heavy atom. The highest BCUT2D eigenvalue weighted by molar-refractivity contribution is 5.98.